The quantitative estimate of drug-likeness (QED) is 0.498. The van der Waals surface area contributed by atoms with Gasteiger partial charge in [-0.25, -0.2) is 19.6 Å². The van der Waals surface area contributed by atoms with Gasteiger partial charge in [0.15, 0.2) is 5.82 Å². The summed E-state index contributed by atoms with van der Waals surface area (Å²) < 4.78 is 5.01. The third-order valence-electron chi connectivity index (χ3n) is 5.93. The van der Waals surface area contributed by atoms with E-state index < -0.39 is 0 Å². The van der Waals surface area contributed by atoms with Crippen LogP contribution in [0.15, 0.2) is 54.6 Å². The zero-order chi connectivity index (χ0) is 24.8. The Labute approximate surface area is 205 Å². The third-order valence-corrected chi connectivity index (χ3v) is 5.93. The molecule has 0 saturated heterocycles. The Balaban J connectivity index is 1.54. The van der Waals surface area contributed by atoms with Gasteiger partial charge in [0.25, 0.3) is 0 Å². The lowest BCUT2D eigenvalue weighted by molar-refractivity contribution is 0.0526. The fraction of sp³-hybridized carbons (Fsp3) is 0.333. The van der Waals surface area contributed by atoms with Crippen LogP contribution in [0.1, 0.15) is 41.9 Å². The van der Waals surface area contributed by atoms with Crippen LogP contribution in [0.3, 0.4) is 0 Å². The molecule has 0 aliphatic carbocycles. The Morgan fingerprint density at radius 1 is 1.06 bits per heavy atom. The Hall–Kier alpha value is -3.94. The van der Waals surface area contributed by atoms with Crippen LogP contribution in [-0.4, -0.2) is 53.6 Å². The molecule has 4 rings (SSSR count). The van der Waals surface area contributed by atoms with Crippen LogP contribution in [0.5, 0.6) is 0 Å². The van der Waals surface area contributed by atoms with E-state index in [0.29, 0.717) is 43.2 Å². The topological polar surface area (TPSA) is 87.7 Å². The standard InChI is InChI=1S/C27H31N5O3/c1-4-16-31(3)25-22-18-32(17-15-23(22)29-24(30-25)19-9-7-6-8-10-19)27(34)28-21-13-11-20(12-14-21)26(33)35-5-2/h6-14H,4-5,15-18H2,1-3H3,(H,28,34). The lowest BCUT2D eigenvalue weighted by Crippen LogP contribution is -2.40. The summed E-state index contributed by atoms with van der Waals surface area (Å²) in [5.41, 5.74) is 4.02. The van der Waals surface area contributed by atoms with Gasteiger partial charge in [0.1, 0.15) is 5.82 Å². The summed E-state index contributed by atoms with van der Waals surface area (Å²) in [5, 5.41) is 2.93. The summed E-state index contributed by atoms with van der Waals surface area (Å²) in [7, 11) is 2.03. The highest BCUT2D eigenvalue weighted by molar-refractivity contribution is 5.92. The molecule has 2 amide bonds. The molecule has 0 atom stereocenters. The van der Waals surface area contributed by atoms with Crippen molar-refractivity contribution in [2.24, 2.45) is 0 Å². The number of esters is 1. The van der Waals surface area contributed by atoms with E-state index in [2.05, 4.69) is 17.1 Å². The van der Waals surface area contributed by atoms with Gasteiger partial charge in [0, 0.05) is 43.4 Å². The van der Waals surface area contributed by atoms with Crippen molar-refractivity contribution in [3.8, 4) is 11.4 Å². The Kier molecular flexibility index (Phi) is 7.60. The Bertz CT molecular complexity index is 1180. The number of nitrogens with zero attached hydrogens (tertiary/aromatic N) is 4. The van der Waals surface area contributed by atoms with E-state index in [1.807, 2.05) is 37.4 Å². The monoisotopic (exact) mass is 473 g/mol. The number of carbonyl (C=O) groups excluding carboxylic acids is 2. The lowest BCUT2D eigenvalue weighted by Gasteiger charge is -2.32. The maximum atomic E-state index is 13.1. The number of aromatic nitrogens is 2. The molecule has 2 heterocycles. The molecule has 8 heteroatoms. The van der Waals surface area contributed by atoms with Gasteiger partial charge in [0.2, 0.25) is 0 Å². The summed E-state index contributed by atoms with van der Waals surface area (Å²) in [4.78, 5) is 38.6. The molecule has 182 valence electrons. The van der Waals surface area contributed by atoms with Gasteiger partial charge in [-0.15, -0.1) is 0 Å². The number of hydrogen-bond acceptors (Lipinski definition) is 6. The van der Waals surface area contributed by atoms with Crippen LogP contribution in [0.2, 0.25) is 0 Å². The minimum absolute atomic E-state index is 0.198. The van der Waals surface area contributed by atoms with Crippen molar-refractivity contribution in [2.75, 3.05) is 37.0 Å². The molecule has 0 fully saturated rings. The Morgan fingerprint density at radius 2 is 1.80 bits per heavy atom. The van der Waals surface area contributed by atoms with Gasteiger partial charge < -0.3 is 19.9 Å². The first-order valence-electron chi connectivity index (χ1n) is 12.0. The van der Waals surface area contributed by atoms with E-state index in [4.69, 9.17) is 14.7 Å². The molecule has 1 aromatic heterocycles. The predicted molar refractivity (Wildman–Crippen MR) is 137 cm³/mol. The second kappa shape index (κ2) is 11.0. The minimum atomic E-state index is -0.378. The molecule has 0 saturated carbocycles. The van der Waals surface area contributed by atoms with Crippen LogP contribution in [-0.2, 0) is 17.7 Å². The molecule has 3 aromatic rings. The number of carbonyl (C=O) groups is 2. The Morgan fingerprint density at radius 3 is 2.49 bits per heavy atom. The minimum Gasteiger partial charge on any atom is -0.462 e. The maximum Gasteiger partial charge on any atom is 0.338 e. The van der Waals surface area contributed by atoms with Crippen molar-refractivity contribution < 1.29 is 14.3 Å². The molecular formula is C27H31N5O3. The van der Waals surface area contributed by atoms with Crippen molar-refractivity contribution in [2.45, 2.75) is 33.2 Å². The SMILES string of the molecule is CCCN(C)c1nc(-c2ccccc2)nc2c1CN(C(=O)Nc1ccc(C(=O)OCC)cc1)CC2. The van der Waals surface area contributed by atoms with Gasteiger partial charge in [-0.1, -0.05) is 37.3 Å². The zero-order valence-corrected chi connectivity index (χ0v) is 20.5. The number of amides is 2. The number of ether oxygens (including phenoxy) is 1. The van der Waals surface area contributed by atoms with Crippen LogP contribution in [0.25, 0.3) is 11.4 Å². The van der Waals surface area contributed by atoms with Crippen molar-refractivity contribution >= 4 is 23.5 Å². The van der Waals surface area contributed by atoms with E-state index in [-0.39, 0.29) is 12.0 Å². The molecule has 8 nitrogen and oxygen atoms in total. The van der Waals surface area contributed by atoms with Crippen molar-refractivity contribution in [3.05, 3.63) is 71.4 Å². The second-order valence-electron chi connectivity index (χ2n) is 8.48. The lowest BCUT2D eigenvalue weighted by atomic mass is 10.0. The van der Waals surface area contributed by atoms with Crippen molar-refractivity contribution in [1.82, 2.24) is 14.9 Å². The molecule has 0 radical (unpaired) electrons. The second-order valence-corrected chi connectivity index (χ2v) is 8.48. The van der Waals surface area contributed by atoms with Crippen molar-refractivity contribution in [1.29, 1.82) is 0 Å². The van der Waals surface area contributed by atoms with Crippen LogP contribution in [0, 0.1) is 0 Å². The van der Waals surface area contributed by atoms with Gasteiger partial charge in [0.05, 0.1) is 24.4 Å². The number of fused-ring (bicyclic) bond motifs is 1. The highest BCUT2D eigenvalue weighted by Gasteiger charge is 2.27. The summed E-state index contributed by atoms with van der Waals surface area (Å²) >= 11 is 0. The van der Waals surface area contributed by atoms with Gasteiger partial charge in [-0.3, -0.25) is 0 Å². The fourth-order valence-electron chi connectivity index (χ4n) is 4.15. The van der Waals surface area contributed by atoms with Gasteiger partial charge >= 0.3 is 12.0 Å². The van der Waals surface area contributed by atoms with Gasteiger partial charge in [-0.05, 0) is 37.6 Å². The summed E-state index contributed by atoms with van der Waals surface area (Å²) in [6, 6.07) is 16.5. The predicted octanol–water partition coefficient (Wildman–Crippen LogP) is 4.76. The molecule has 2 aromatic carbocycles. The molecular weight excluding hydrogens is 442 g/mol. The van der Waals surface area contributed by atoms with Crippen LogP contribution >= 0.6 is 0 Å². The highest BCUT2D eigenvalue weighted by Crippen LogP contribution is 2.29. The smallest absolute Gasteiger partial charge is 0.338 e. The average molecular weight is 474 g/mol. The number of urea groups is 1. The van der Waals surface area contributed by atoms with E-state index >= 15 is 0 Å². The molecule has 1 N–H and O–H groups in total. The van der Waals surface area contributed by atoms with Crippen LogP contribution < -0.4 is 10.2 Å². The zero-order valence-electron chi connectivity index (χ0n) is 20.5. The largest absolute Gasteiger partial charge is 0.462 e. The summed E-state index contributed by atoms with van der Waals surface area (Å²) in [5.74, 6) is 1.20. The first-order valence-corrected chi connectivity index (χ1v) is 12.0. The first kappa shape index (κ1) is 24.2. The maximum absolute atomic E-state index is 13.1. The summed E-state index contributed by atoms with van der Waals surface area (Å²) in [6.45, 7) is 6.07. The molecule has 1 aliphatic rings. The van der Waals surface area contributed by atoms with E-state index in [1.54, 1.807) is 36.1 Å². The molecule has 0 unspecified atom stereocenters. The fourth-order valence-corrected chi connectivity index (χ4v) is 4.15. The summed E-state index contributed by atoms with van der Waals surface area (Å²) in [6.07, 6.45) is 1.64. The molecule has 0 spiro atoms. The first-order chi connectivity index (χ1) is 17.0. The van der Waals surface area contributed by atoms with E-state index in [1.165, 1.54) is 0 Å². The molecule has 0 bridgehead atoms. The number of anilines is 2. The highest BCUT2D eigenvalue weighted by atomic mass is 16.5. The molecule has 35 heavy (non-hydrogen) atoms. The number of hydrogen-bond donors (Lipinski definition) is 1. The number of nitrogens with one attached hydrogen (secondary N) is 1. The van der Waals surface area contributed by atoms with Crippen LogP contribution in [0.4, 0.5) is 16.3 Å². The molecule has 1 aliphatic heterocycles. The number of benzene rings is 2. The normalized spacial score (nSPS) is 12.6. The average Bonchev–Trinajstić information content (AvgIpc) is 2.89. The van der Waals surface area contributed by atoms with E-state index in [9.17, 15) is 9.59 Å². The van der Waals surface area contributed by atoms with Gasteiger partial charge in [-0.2, -0.15) is 0 Å². The van der Waals surface area contributed by atoms with E-state index in [0.717, 1.165) is 35.6 Å². The number of rotatable bonds is 7. The third kappa shape index (κ3) is 5.59. The van der Waals surface area contributed by atoms with Crippen molar-refractivity contribution in [3.63, 3.8) is 0 Å².